The maximum Gasteiger partial charge on any atom is 0.341 e. The van der Waals surface area contributed by atoms with Crippen molar-refractivity contribution in [3.63, 3.8) is 0 Å². The first-order valence-electron chi connectivity index (χ1n) is 7.48. The molecule has 0 saturated carbocycles. The molecule has 0 aliphatic rings. The fraction of sp³-hybridized carbons (Fsp3) is 0.111. The highest BCUT2D eigenvalue weighted by Gasteiger charge is 2.22. The second-order valence-corrected chi connectivity index (χ2v) is 5.41. The van der Waals surface area contributed by atoms with Crippen LogP contribution in [-0.4, -0.2) is 23.0 Å². The summed E-state index contributed by atoms with van der Waals surface area (Å²) in [7, 11) is 0. The number of halogens is 2. The lowest BCUT2D eigenvalue weighted by Gasteiger charge is -2.13. The number of esters is 1. The van der Waals surface area contributed by atoms with Crippen molar-refractivity contribution in [2.45, 2.75) is 13.0 Å². The van der Waals surface area contributed by atoms with E-state index in [2.05, 4.69) is 10.3 Å². The van der Waals surface area contributed by atoms with E-state index in [1.807, 2.05) is 6.07 Å². The number of aromatic amines is 1. The molecule has 0 radical (unpaired) electrons. The number of carbonyl (C=O) groups is 2. The van der Waals surface area contributed by atoms with Crippen molar-refractivity contribution in [3.8, 4) is 0 Å². The molecule has 0 spiro atoms. The Labute approximate surface area is 141 Å². The van der Waals surface area contributed by atoms with Crippen molar-refractivity contribution >= 4 is 28.5 Å². The van der Waals surface area contributed by atoms with Crippen LogP contribution in [0.25, 0.3) is 10.9 Å². The standard InChI is InChI=1S/C18H14F2N2O3/c1-10(17(23)22-16-7-6-11(19)8-14(16)20)25-18(24)13-9-21-15-5-3-2-4-12(13)15/h2-10,21H,1H3,(H,22,23). The fourth-order valence-electron chi connectivity index (χ4n) is 2.34. The zero-order valence-electron chi connectivity index (χ0n) is 13.2. The maximum absolute atomic E-state index is 13.6. The van der Waals surface area contributed by atoms with Crippen LogP contribution in [0.5, 0.6) is 0 Å². The lowest BCUT2D eigenvalue weighted by atomic mass is 10.2. The smallest absolute Gasteiger partial charge is 0.341 e. The molecule has 1 heterocycles. The minimum atomic E-state index is -1.16. The van der Waals surface area contributed by atoms with Crippen LogP contribution in [0.15, 0.2) is 48.7 Å². The minimum absolute atomic E-state index is 0.193. The first-order valence-corrected chi connectivity index (χ1v) is 7.48. The number of nitrogens with one attached hydrogen (secondary N) is 2. The van der Waals surface area contributed by atoms with Crippen molar-refractivity contribution in [2.24, 2.45) is 0 Å². The predicted molar refractivity (Wildman–Crippen MR) is 88.2 cm³/mol. The monoisotopic (exact) mass is 344 g/mol. The van der Waals surface area contributed by atoms with Crippen molar-refractivity contribution in [1.29, 1.82) is 0 Å². The van der Waals surface area contributed by atoms with Crippen molar-refractivity contribution < 1.29 is 23.1 Å². The minimum Gasteiger partial charge on any atom is -0.449 e. The van der Waals surface area contributed by atoms with E-state index in [0.29, 0.717) is 17.0 Å². The highest BCUT2D eigenvalue weighted by molar-refractivity contribution is 6.05. The van der Waals surface area contributed by atoms with E-state index in [1.54, 1.807) is 18.2 Å². The molecule has 3 aromatic rings. The van der Waals surface area contributed by atoms with Gasteiger partial charge in [0.05, 0.1) is 11.3 Å². The van der Waals surface area contributed by atoms with Crippen molar-refractivity contribution in [3.05, 3.63) is 65.9 Å². The lowest BCUT2D eigenvalue weighted by molar-refractivity contribution is -0.123. The third kappa shape index (κ3) is 3.50. The Morgan fingerprint density at radius 3 is 2.68 bits per heavy atom. The Hall–Kier alpha value is -3.22. The van der Waals surface area contributed by atoms with Gasteiger partial charge in [0.2, 0.25) is 0 Å². The second kappa shape index (κ2) is 6.72. The molecule has 5 nitrogen and oxygen atoms in total. The number of ether oxygens (including phenoxy) is 1. The molecule has 0 bridgehead atoms. The molecule has 0 aliphatic heterocycles. The Balaban J connectivity index is 1.69. The Bertz CT molecular complexity index is 952. The molecule has 2 aromatic carbocycles. The largest absolute Gasteiger partial charge is 0.449 e. The van der Waals surface area contributed by atoms with Crippen LogP contribution in [0.4, 0.5) is 14.5 Å². The van der Waals surface area contributed by atoms with Gasteiger partial charge in [0.25, 0.3) is 5.91 Å². The second-order valence-electron chi connectivity index (χ2n) is 5.41. The molecule has 1 amide bonds. The van der Waals surface area contributed by atoms with E-state index >= 15 is 0 Å². The summed E-state index contributed by atoms with van der Waals surface area (Å²) < 4.78 is 31.6. The Kier molecular flexibility index (Phi) is 4.47. The summed E-state index contributed by atoms with van der Waals surface area (Å²) in [5.41, 5.74) is 0.865. The first kappa shape index (κ1) is 16.6. The number of carbonyl (C=O) groups excluding carboxylic acids is 2. The first-order chi connectivity index (χ1) is 12.0. The summed E-state index contributed by atoms with van der Waals surface area (Å²) in [4.78, 5) is 27.3. The highest BCUT2D eigenvalue weighted by atomic mass is 19.1. The molecule has 25 heavy (non-hydrogen) atoms. The van der Waals surface area contributed by atoms with Gasteiger partial charge in [-0.15, -0.1) is 0 Å². The van der Waals surface area contributed by atoms with Crippen molar-refractivity contribution in [1.82, 2.24) is 4.98 Å². The number of H-pyrrole nitrogens is 1. The van der Waals surface area contributed by atoms with Gasteiger partial charge in [-0.25, -0.2) is 13.6 Å². The molecule has 1 unspecified atom stereocenters. The molecule has 7 heteroatoms. The van der Waals surface area contributed by atoms with Crippen LogP contribution in [0.1, 0.15) is 17.3 Å². The van der Waals surface area contributed by atoms with Gasteiger partial charge >= 0.3 is 5.97 Å². The zero-order chi connectivity index (χ0) is 18.0. The number of rotatable bonds is 4. The average Bonchev–Trinajstić information content (AvgIpc) is 3.01. The van der Waals surface area contributed by atoms with Crippen LogP contribution in [0.2, 0.25) is 0 Å². The van der Waals surface area contributed by atoms with E-state index in [9.17, 15) is 18.4 Å². The van der Waals surface area contributed by atoms with Crippen LogP contribution in [-0.2, 0) is 9.53 Å². The van der Waals surface area contributed by atoms with Gasteiger partial charge in [-0.2, -0.15) is 0 Å². The number of fused-ring (bicyclic) bond motifs is 1. The summed E-state index contributed by atoms with van der Waals surface area (Å²) in [6, 6.07) is 9.92. The molecule has 0 aliphatic carbocycles. The van der Waals surface area contributed by atoms with Gasteiger partial charge in [0.15, 0.2) is 6.10 Å². The third-order valence-corrected chi connectivity index (χ3v) is 3.65. The molecular weight excluding hydrogens is 330 g/mol. The summed E-state index contributed by atoms with van der Waals surface area (Å²) in [5, 5.41) is 2.93. The van der Waals surface area contributed by atoms with Crippen LogP contribution in [0, 0.1) is 11.6 Å². The van der Waals surface area contributed by atoms with Gasteiger partial charge in [-0.05, 0) is 25.1 Å². The Morgan fingerprint density at radius 2 is 1.92 bits per heavy atom. The third-order valence-electron chi connectivity index (χ3n) is 3.65. The van der Waals surface area contributed by atoms with Crippen molar-refractivity contribution in [2.75, 3.05) is 5.32 Å². The summed E-state index contributed by atoms with van der Waals surface area (Å²) >= 11 is 0. The fourth-order valence-corrected chi connectivity index (χ4v) is 2.34. The summed E-state index contributed by atoms with van der Waals surface area (Å²) in [6.45, 7) is 1.36. The van der Waals surface area contributed by atoms with E-state index in [-0.39, 0.29) is 5.69 Å². The van der Waals surface area contributed by atoms with E-state index in [4.69, 9.17) is 4.74 Å². The predicted octanol–water partition coefficient (Wildman–Crippen LogP) is 3.63. The molecule has 0 fully saturated rings. The normalized spacial score (nSPS) is 12.0. The highest BCUT2D eigenvalue weighted by Crippen LogP contribution is 2.20. The van der Waals surface area contributed by atoms with Gasteiger partial charge in [-0.1, -0.05) is 18.2 Å². The lowest BCUT2D eigenvalue weighted by Crippen LogP contribution is -2.30. The number of para-hydroxylation sites is 1. The van der Waals surface area contributed by atoms with E-state index in [0.717, 1.165) is 17.6 Å². The quantitative estimate of drug-likeness (QED) is 0.710. The SMILES string of the molecule is CC(OC(=O)c1c[nH]c2ccccc12)C(=O)Nc1ccc(F)cc1F. The number of aromatic nitrogens is 1. The number of hydrogen-bond donors (Lipinski definition) is 2. The molecule has 1 atom stereocenters. The average molecular weight is 344 g/mol. The Morgan fingerprint density at radius 1 is 1.16 bits per heavy atom. The molecular formula is C18H14F2N2O3. The van der Waals surface area contributed by atoms with Gasteiger partial charge in [-0.3, -0.25) is 4.79 Å². The molecule has 0 saturated heterocycles. The number of anilines is 1. The van der Waals surface area contributed by atoms with Gasteiger partial charge in [0.1, 0.15) is 11.6 Å². The maximum atomic E-state index is 13.6. The summed E-state index contributed by atoms with van der Waals surface area (Å²) in [6.07, 6.45) is 0.336. The number of benzene rings is 2. The topological polar surface area (TPSA) is 71.2 Å². The molecule has 3 rings (SSSR count). The van der Waals surface area contributed by atoms with Crippen LogP contribution in [0.3, 0.4) is 0 Å². The van der Waals surface area contributed by atoms with E-state index < -0.39 is 29.6 Å². The van der Waals surface area contributed by atoms with Crippen LogP contribution < -0.4 is 5.32 Å². The van der Waals surface area contributed by atoms with Gasteiger partial charge < -0.3 is 15.0 Å². The van der Waals surface area contributed by atoms with E-state index in [1.165, 1.54) is 13.1 Å². The number of amides is 1. The number of hydrogen-bond acceptors (Lipinski definition) is 3. The molecule has 128 valence electrons. The zero-order valence-corrected chi connectivity index (χ0v) is 13.2. The molecule has 2 N–H and O–H groups in total. The molecule has 1 aromatic heterocycles. The van der Waals surface area contributed by atoms with Crippen LogP contribution >= 0.6 is 0 Å². The van der Waals surface area contributed by atoms with Gasteiger partial charge in [0, 0.05) is 23.2 Å². The summed E-state index contributed by atoms with van der Waals surface area (Å²) in [5.74, 6) is -3.07.